The van der Waals surface area contributed by atoms with Crippen molar-refractivity contribution in [3.8, 4) is 0 Å². The minimum absolute atomic E-state index is 0.154. The van der Waals surface area contributed by atoms with Crippen molar-refractivity contribution >= 4 is 17.4 Å². The van der Waals surface area contributed by atoms with E-state index in [9.17, 15) is 5.11 Å². The fourth-order valence-corrected chi connectivity index (χ4v) is 2.26. The van der Waals surface area contributed by atoms with Crippen LogP contribution in [0.4, 0.5) is 5.82 Å². The van der Waals surface area contributed by atoms with Crippen molar-refractivity contribution in [2.24, 2.45) is 5.41 Å². The smallest absolute Gasteiger partial charge is 0.158 e. The summed E-state index contributed by atoms with van der Waals surface area (Å²) in [6, 6.07) is 1.87. The van der Waals surface area contributed by atoms with Gasteiger partial charge in [-0.2, -0.15) is 0 Å². The molecule has 1 aliphatic rings. The van der Waals surface area contributed by atoms with Crippen molar-refractivity contribution in [2.75, 3.05) is 12.4 Å². The Morgan fingerprint density at radius 3 is 2.83 bits per heavy atom. The van der Waals surface area contributed by atoms with E-state index < -0.39 is 0 Å². The van der Waals surface area contributed by atoms with E-state index in [1.165, 1.54) is 0 Å². The van der Waals surface area contributed by atoms with E-state index in [0.29, 0.717) is 29.8 Å². The van der Waals surface area contributed by atoms with Gasteiger partial charge < -0.3 is 15.2 Å². The molecule has 18 heavy (non-hydrogen) atoms. The van der Waals surface area contributed by atoms with Gasteiger partial charge in [0.05, 0.1) is 6.10 Å². The molecule has 0 radical (unpaired) electrons. The molecule has 0 spiro atoms. The minimum Gasteiger partial charge on any atom is -0.392 e. The number of hydrogen-bond donors (Lipinski definition) is 2. The lowest BCUT2D eigenvalue weighted by atomic mass is 9.64. The van der Waals surface area contributed by atoms with Gasteiger partial charge in [0.1, 0.15) is 17.6 Å². The van der Waals surface area contributed by atoms with E-state index in [1.54, 1.807) is 13.2 Å². The van der Waals surface area contributed by atoms with Crippen LogP contribution >= 0.6 is 11.6 Å². The maximum Gasteiger partial charge on any atom is 0.158 e. The number of aliphatic hydroxyl groups is 1. The van der Waals surface area contributed by atoms with E-state index in [4.69, 9.17) is 16.3 Å². The number of ether oxygens (including phenoxy) is 1. The highest BCUT2D eigenvalue weighted by molar-refractivity contribution is 6.29. The number of halogens is 1. The first kappa shape index (κ1) is 13.5. The second-order valence-corrected chi connectivity index (χ2v) is 5.58. The van der Waals surface area contributed by atoms with Crippen molar-refractivity contribution in [1.29, 1.82) is 0 Å². The topological polar surface area (TPSA) is 67.3 Å². The van der Waals surface area contributed by atoms with Crippen LogP contribution in [-0.2, 0) is 11.3 Å². The Hall–Kier alpha value is -0.910. The Bertz CT molecular complexity index is 439. The number of hydrogen-bond acceptors (Lipinski definition) is 5. The van der Waals surface area contributed by atoms with Gasteiger partial charge in [-0.3, -0.25) is 0 Å². The van der Waals surface area contributed by atoms with E-state index in [1.807, 2.05) is 13.8 Å². The molecule has 5 nitrogen and oxygen atoms in total. The molecule has 1 saturated carbocycles. The quantitative estimate of drug-likeness (QED) is 0.818. The van der Waals surface area contributed by atoms with Gasteiger partial charge in [-0.1, -0.05) is 25.4 Å². The third kappa shape index (κ3) is 2.58. The highest BCUT2D eigenvalue weighted by Crippen LogP contribution is 2.42. The van der Waals surface area contributed by atoms with Crippen LogP contribution in [0.2, 0.25) is 5.15 Å². The van der Waals surface area contributed by atoms with Gasteiger partial charge in [0.15, 0.2) is 5.82 Å². The predicted octanol–water partition coefficient (Wildman–Crippen LogP) is 1.85. The lowest BCUT2D eigenvalue weighted by molar-refractivity contribution is -0.0511. The maximum atomic E-state index is 9.70. The molecule has 1 fully saturated rings. The summed E-state index contributed by atoms with van der Waals surface area (Å²) < 4.78 is 4.99. The summed E-state index contributed by atoms with van der Waals surface area (Å²) in [5.74, 6) is 1.22. The summed E-state index contributed by atoms with van der Waals surface area (Å²) in [6.07, 6.45) is 0.444. The molecule has 1 aromatic rings. The van der Waals surface area contributed by atoms with Crippen molar-refractivity contribution in [1.82, 2.24) is 9.97 Å². The Balaban J connectivity index is 2.10. The van der Waals surface area contributed by atoms with Crippen LogP contribution in [0.15, 0.2) is 6.07 Å². The monoisotopic (exact) mass is 271 g/mol. The molecule has 2 N–H and O–H groups in total. The molecule has 0 saturated heterocycles. The number of methoxy groups -OCH3 is 1. The first-order valence-electron chi connectivity index (χ1n) is 5.90. The molecule has 0 aliphatic heterocycles. The van der Waals surface area contributed by atoms with Gasteiger partial charge in [-0.25, -0.2) is 9.97 Å². The Labute approximate surface area is 112 Å². The van der Waals surface area contributed by atoms with Gasteiger partial charge in [0.2, 0.25) is 0 Å². The zero-order valence-corrected chi connectivity index (χ0v) is 11.5. The van der Waals surface area contributed by atoms with Crippen LogP contribution in [0, 0.1) is 5.41 Å². The molecule has 0 bridgehead atoms. The summed E-state index contributed by atoms with van der Waals surface area (Å²) in [7, 11) is 1.59. The van der Waals surface area contributed by atoms with E-state index in [0.717, 1.165) is 0 Å². The van der Waals surface area contributed by atoms with E-state index in [2.05, 4.69) is 15.3 Å². The molecule has 2 atom stereocenters. The highest BCUT2D eigenvalue weighted by Gasteiger charge is 2.47. The third-order valence-corrected chi connectivity index (χ3v) is 3.75. The Morgan fingerprint density at radius 1 is 1.56 bits per heavy atom. The van der Waals surface area contributed by atoms with E-state index in [-0.39, 0.29) is 17.6 Å². The summed E-state index contributed by atoms with van der Waals surface area (Å²) in [5.41, 5.74) is -0.154. The fraction of sp³-hybridized carbons (Fsp3) is 0.667. The normalized spacial score (nSPS) is 25.6. The zero-order chi connectivity index (χ0) is 13.3. The van der Waals surface area contributed by atoms with Gasteiger partial charge in [0, 0.05) is 24.6 Å². The summed E-state index contributed by atoms with van der Waals surface area (Å²) in [5, 5.41) is 13.4. The molecule has 0 amide bonds. The minimum atomic E-state index is -0.272. The standard InChI is InChI=1S/C12H18ClN3O2/c1-12(2)7(4-8(12)17)14-10-5-9(13)15-11(16-10)6-18-3/h5,7-8,17H,4,6H2,1-3H3,(H,14,15,16). The Morgan fingerprint density at radius 2 is 2.28 bits per heavy atom. The number of rotatable bonds is 4. The van der Waals surface area contributed by atoms with Crippen molar-refractivity contribution in [3.63, 3.8) is 0 Å². The summed E-state index contributed by atoms with van der Waals surface area (Å²) in [4.78, 5) is 8.39. The highest BCUT2D eigenvalue weighted by atomic mass is 35.5. The predicted molar refractivity (Wildman–Crippen MR) is 69.6 cm³/mol. The summed E-state index contributed by atoms with van der Waals surface area (Å²) >= 11 is 5.93. The molecular weight excluding hydrogens is 254 g/mol. The largest absolute Gasteiger partial charge is 0.392 e. The second kappa shape index (κ2) is 4.99. The Kier molecular flexibility index (Phi) is 3.75. The third-order valence-electron chi connectivity index (χ3n) is 3.55. The number of aromatic nitrogens is 2. The lowest BCUT2D eigenvalue weighted by Gasteiger charge is -2.49. The second-order valence-electron chi connectivity index (χ2n) is 5.19. The SMILES string of the molecule is COCc1nc(Cl)cc(NC2CC(O)C2(C)C)n1. The van der Waals surface area contributed by atoms with Gasteiger partial charge >= 0.3 is 0 Å². The fourth-order valence-electron chi connectivity index (χ4n) is 2.06. The van der Waals surface area contributed by atoms with E-state index >= 15 is 0 Å². The van der Waals surface area contributed by atoms with Crippen LogP contribution in [0.5, 0.6) is 0 Å². The van der Waals surface area contributed by atoms with Crippen LogP contribution in [0.25, 0.3) is 0 Å². The van der Waals surface area contributed by atoms with Crippen LogP contribution in [-0.4, -0.2) is 34.3 Å². The average Bonchev–Trinajstić information content (AvgIpc) is 2.28. The maximum absolute atomic E-state index is 9.70. The van der Waals surface area contributed by atoms with Gasteiger partial charge in [-0.15, -0.1) is 0 Å². The van der Waals surface area contributed by atoms with Crippen molar-refractivity contribution in [3.05, 3.63) is 17.0 Å². The first-order valence-corrected chi connectivity index (χ1v) is 6.28. The lowest BCUT2D eigenvalue weighted by Crippen LogP contribution is -2.57. The first-order chi connectivity index (χ1) is 8.43. The molecular formula is C12H18ClN3O2. The van der Waals surface area contributed by atoms with Gasteiger partial charge in [-0.05, 0) is 6.42 Å². The van der Waals surface area contributed by atoms with Crippen LogP contribution < -0.4 is 5.32 Å². The molecule has 2 unspecified atom stereocenters. The molecule has 1 aliphatic carbocycles. The van der Waals surface area contributed by atoms with Crippen molar-refractivity contribution in [2.45, 2.75) is 39.0 Å². The molecule has 0 aromatic carbocycles. The molecule has 100 valence electrons. The zero-order valence-electron chi connectivity index (χ0n) is 10.8. The molecule has 6 heteroatoms. The van der Waals surface area contributed by atoms with Crippen molar-refractivity contribution < 1.29 is 9.84 Å². The van der Waals surface area contributed by atoms with Crippen LogP contribution in [0.1, 0.15) is 26.1 Å². The molecule has 1 aromatic heterocycles. The number of aliphatic hydroxyl groups excluding tert-OH is 1. The molecule has 2 rings (SSSR count). The molecule has 1 heterocycles. The number of nitrogens with one attached hydrogen (secondary N) is 1. The van der Waals surface area contributed by atoms with Crippen LogP contribution in [0.3, 0.4) is 0 Å². The summed E-state index contributed by atoms with van der Waals surface area (Å²) in [6.45, 7) is 4.38. The number of nitrogens with zero attached hydrogens (tertiary/aromatic N) is 2. The number of anilines is 1. The average molecular weight is 272 g/mol. The van der Waals surface area contributed by atoms with Gasteiger partial charge in [0.25, 0.3) is 0 Å².